The normalized spacial score (nSPS) is 32.6. The summed E-state index contributed by atoms with van der Waals surface area (Å²) in [6.45, 7) is 0.546. The Morgan fingerprint density at radius 3 is 2.57 bits per heavy atom. The van der Waals surface area contributed by atoms with Gasteiger partial charge < -0.3 is 10.6 Å². The predicted octanol–water partition coefficient (Wildman–Crippen LogP) is 1.52. The number of nitrogens with one attached hydrogen (secondary N) is 2. The highest BCUT2D eigenvalue weighted by Crippen LogP contribution is 2.25. The maximum absolute atomic E-state index is 12.8. The molecule has 14 heavy (non-hydrogen) atoms. The Labute approximate surface area is 83.4 Å². The van der Waals surface area contributed by atoms with Gasteiger partial charge in [-0.15, -0.1) is 0 Å². The van der Waals surface area contributed by atoms with Crippen LogP contribution in [0.3, 0.4) is 0 Å². The largest absolute Gasteiger partial charge is 0.312 e. The predicted molar refractivity (Wildman–Crippen MR) is 51.6 cm³/mol. The Morgan fingerprint density at radius 2 is 2.00 bits per heavy atom. The zero-order chi connectivity index (χ0) is 10.0. The van der Waals surface area contributed by atoms with Crippen LogP contribution < -0.4 is 10.6 Å². The SMILES string of the molecule is FC1(F)CNC(CNC2CCCC2)C1. The Morgan fingerprint density at radius 1 is 1.29 bits per heavy atom. The number of hydrogen-bond acceptors (Lipinski definition) is 2. The lowest BCUT2D eigenvalue weighted by Crippen LogP contribution is -2.38. The minimum absolute atomic E-state index is 0.00722. The van der Waals surface area contributed by atoms with Gasteiger partial charge in [0.15, 0.2) is 0 Å². The molecule has 2 rings (SSSR count). The van der Waals surface area contributed by atoms with Gasteiger partial charge in [-0.2, -0.15) is 0 Å². The molecule has 2 N–H and O–H groups in total. The van der Waals surface area contributed by atoms with Crippen molar-refractivity contribution in [2.75, 3.05) is 13.1 Å². The molecule has 0 spiro atoms. The van der Waals surface area contributed by atoms with Crippen molar-refractivity contribution in [3.63, 3.8) is 0 Å². The number of hydrogen-bond donors (Lipinski definition) is 2. The first kappa shape index (κ1) is 10.3. The zero-order valence-electron chi connectivity index (χ0n) is 8.36. The molecule has 0 radical (unpaired) electrons. The van der Waals surface area contributed by atoms with Gasteiger partial charge in [0.1, 0.15) is 0 Å². The molecule has 2 aliphatic rings. The van der Waals surface area contributed by atoms with Gasteiger partial charge in [0.2, 0.25) is 0 Å². The first-order chi connectivity index (χ1) is 6.66. The van der Waals surface area contributed by atoms with Crippen LogP contribution in [0.2, 0.25) is 0 Å². The summed E-state index contributed by atoms with van der Waals surface area (Å²) in [4.78, 5) is 0. The van der Waals surface area contributed by atoms with E-state index in [1.54, 1.807) is 0 Å². The van der Waals surface area contributed by atoms with Gasteiger partial charge in [0.25, 0.3) is 5.92 Å². The first-order valence-electron chi connectivity index (χ1n) is 5.50. The van der Waals surface area contributed by atoms with E-state index in [0.29, 0.717) is 12.6 Å². The van der Waals surface area contributed by atoms with Crippen LogP contribution in [0.1, 0.15) is 32.1 Å². The number of halogens is 2. The molecule has 0 bridgehead atoms. The topological polar surface area (TPSA) is 24.1 Å². The smallest absolute Gasteiger partial charge is 0.261 e. The molecular weight excluding hydrogens is 186 g/mol. The maximum atomic E-state index is 12.8. The van der Waals surface area contributed by atoms with Crippen LogP contribution in [0.25, 0.3) is 0 Å². The molecule has 0 aromatic carbocycles. The lowest BCUT2D eigenvalue weighted by atomic mass is 10.1. The van der Waals surface area contributed by atoms with E-state index in [2.05, 4.69) is 10.6 Å². The molecule has 1 saturated carbocycles. The Balaban J connectivity index is 1.66. The summed E-state index contributed by atoms with van der Waals surface area (Å²) < 4.78 is 25.6. The minimum Gasteiger partial charge on any atom is -0.312 e. The third kappa shape index (κ3) is 2.64. The third-order valence-electron chi connectivity index (χ3n) is 3.20. The molecule has 4 heteroatoms. The lowest BCUT2D eigenvalue weighted by molar-refractivity contribution is 0.0210. The summed E-state index contributed by atoms with van der Waals surface area (Å²) in [6, 6.07) is 0.539. The molecule has 1 atom stereocenters. The molecule has 82 valence electrons. The Bertz CT molecular complexity index is 191. The van der Waals surface area contributed by atoms with Crippen LogP contribution in [0.5, 0.6) is 0 Å². The van der Waals surface area contributed by atoms with E-state index in [9.17, 15) is 8.78 Å². The maximum Gasteiger partial charge on any atom is 0.261 e. The minimum atomic E-state index is -2.48. The molecule has 1 heterocycles. The fourth-order valence-corrected chi connectivity index (χ4v) is 2.38. The van der Waals surface area contributed by atoms with Crippen molar-refractivity contribution in [2.45, 2.75) is 50.1 Å². The molecule has 0 amide bonds. The highest BCUT2D eigenvalue weighted by molar-refractivity contribution is 4.89. The average Bonchev–Trinajstić information content (AvgIpc) is 2.70. The summed E-state index contributed by atoms with van der Waals surface area (Å²) >= 11 is 0. The second-order valence-electron chi connectivity index (χ2n) is 4.53. The van der Waals surface area contributed by atoms with Gasteiger partial charge in [-0.3, -0.25) is 0 Å². The van der Waals surface area contributed by atoms with E-state index in [0.717, 1.165) is 0 Å². The van der Waals surface area contributed by atoms with E-state index in [1.165, 1.54) is 25.7 Å². The molecule has 2 fully saturated rings. The van der Waals surface area contributed by atoms with Gasteiger partial charge in [0, 0.05) is 25.0 Å². The van der Waals surface area contributed by atoms with E-state index in [-0.39, 0.29) is 19.0 Å². The van der Waals surface area contributed by atoms with Crippen LogP contribution in [0.15, 0.2) is 0 Å². The fourth-order valence-electron chi connectivity index (χ4n) is 2.38. The molecule has 1 saturated heterocycles. The Kier molecular flexibility index (Phi) is 3.02. The van der Waals surface area contributed by atoms with Gasteiger partial charge in [0.05, 0.1) is 6.54 Å². The lowest BCUT2D eigenvalue weighted by Gasteiger charge is -2.16. The summed E-state index contributed by atoms with van der Waals surface area (Å²) in [7, 11) is 0. The van der Waals surface area contributed by atoms with Crippen LogP contribution >= 0.6 is 0 Å². The van der Waals surface area contributed by atoms with Crippen molar-refractivity contribution in [3.8, 4) is 0 Å². The van der Waals surface area contributed by atoms with Gasteiger partial charge in [-0.1, -0.05) is 12.8 Å². The van der Waals surface area contributed by atoms with E-state index < -0.39 is 5.92 Å². The summed E-state index contributed by atoms with van der Waals surface area (Å²) in [6.07, 6.45) is 4.98. The summed E-state index contributed by atoms with van der Waals surface area (Å²) in [5.74, 6) is -2.48. The third-order valence-corrected chi connectivity index (χ3v) is 3.20. The van der Waals surface area contributed by atoms with E-state index in [1.807, 2.05) is 0 Å². The van der Waals surface area contributed by atoms with Crippen molar-refractivity contribution in [2.24, 2.45) is 0 Å². The Hall–Kier alpha value is -0.220. The first-order valence-corrected chi connectivity index (χ1v) is 5.50. The van der Waals surface area contributed by atoms with E-state index >= 15 is 0 Å². The van der Waals surface area contributed by atoms with Crippen LogP contribution in [0, 0.1) is 0 Å². The molecule has 1 aliphatic carbocycles. The van der Waals surface area contributed by atoms with Crippen LogP contribution in [-0.2, 0) is 0 Å². The highest BCUT2D eigenvalue weighted by Gasteiger charge is 2.39. The summed E-state index contributed by atoms with van der Waals surface area (Å²) in [5.41, 5.74) is 0. The molecule has 2 nitrogen and oxygen atoms in total. The second-order valence-corrected chi connectivity index (χ2v) is 4.53. The van der Waals surface area contributed by atoms with Crippen molar-refractivity contribution in [3.05, 3.63) is 0 Å². The van der Waals surface area contributed by atoms with Crippen molar-refractivity contribution >= 4 is 0 Å². The molecule has 1 unspecified atom stereocenters. The van der Waals surface area contributed by atoms with Crippen molar-refractivity contribution in [1.29, 1.82) is 0 Å². The molecule has 1 aliphatic heterocycles. The van der Waals surface area contributed by atoms with Crippen molar-refractivity contribution in [1.82, 2.24) is 10.6 Å². The molecule has 0 aromatic heterocycles. The van der Waals surface area contributed by atoms with Crippen LogP contribution in [-0.4, -0.2) is 31.1 Å². The zero-order valence-corrected chi connectivity index (χ0v) is 8.36. The number of rotatable bonds is 3. The average molecular weight is 204 g/mol. The van der Waals surface area contributed by atoms with Gasteiger partial charge in [-0.05, 0) is 12.8 Å². The summed E-state index contributed by atoms with van der Waals surface area (Å²) in [5, 5.41) is 6.22. The monoisotopic (exact) mass is 204 g/mol. The molecular formula is C10H18F2N2. The van der Waals surface area contributed by atoms with Crippen molar-refractivity contribution < 1.29 is 8.78 Å². The van der Waals surface area contributed by atoms with Gasteiger partial charge >= 0.3 is 0 Å². The second kappa shape index (κ2) is 4.11. The molecule has 0 aromatic rings. The fraction of sp³-hybridized carbons (Fsp3) is 1.00. The highest BCUT2D eigenvalue weighted by atomic mass is 19.3. The number of alkyl halides is 2. The standard InChI is InChI=1S/C10H18F2N2/c11-10(12)5-9(14-7-10)6-13-8-3-1-2-4-8/h8-9,13-14H,1-7H2. The quantitative estimate of drug-likeness (QED) is 0.728. The van der Waals surface area contributed by atoms with Gasteiger partial charge in [-0.25, -0.2) is 8.78 Å². The van der Waals surface area contributed by atoms with E-state index in [4.69, 9.17) is 0 Å². The van der Waals surface area contributed by atoms with Crippen LogP contribution in [0.4, 0.5) is 8.78 Å².